The Balaban J connectivity index is 2.08. The van der Waals surface area contributed by atoms with Gasteiger partial charge in [-0.15, -0.1) is 11.6 Å². The molecule has 0 aromatic carbocycles. The average Bonchev–Trinajstić information content (AvgIpc) is 2.30. The van der Waals surface area contributed by atoms with Crippen molar-refractivity contribution in [2.75, 3.05) is 25.1 Å². The van der Waals surface area contributed by atoms with Gasteiger partial charge in [-0.3, -0.25) is 4.98 Å². The molecule has 0 atom stereocenters. The predicted molar refractivity (Wildman–Crippen MR) is 59.7 cm³/mol. The summed E-state index contributed by atoms with van der Waals surface area (Å²) in [5, 5.41) is 0.305. The van der Waals surface area contributed by atoms with Crippen LogP contribution in [0.15, 0.2) is 12.4 Å². The van der Waals surface area contributed by atoms with E-state index in [1.807, 2.05) is 0 Å². The highest BCUT2D eigenvalue weighted by Crippen LogP contribution is 2.21. The van der Waals surface area contributed by atoms with Gasteiger partial charge in [-0.25, -0.2) is 0 Å². The van der Waals surface area contributed by atoms with Crippen molar-refractivity contribution in [2.45, 2.75) is 18.2 Å². The molecule has 0 saturated carbocycles. The van der Waals surface area contributed by atoms with Gasteiger partial charge in [-0.1, -0.05) is 0 Å². The summed E-state index contributed by atoms with van der Waals surface area (Å²) in [7, 11) is 1.60. The van der Waals surface area contributed by atoms with Crippen LogP contribution in [0, 0.1) is 0 Å². The predicted octanol–water partition coefficient (Wildman–Crippen LogP) is 1.69. The topological polar surface area (TPSA) is 38.2 Å². The molecule has 1 aliphatic heterocycles. The monoisotopic (exact) mass is 227 g/mol. The number of alkyl halides is 1. The third-order valence-corrected chi connectivity index (χ3v) is 2.99. The van der Waals surface area contributed by atoms with Crippen LogP contribution < -0.4 is 9.64 Å². The van der Waals surface area contributed by atoms with Gasteiger partial charge in [0.2, 0.25) is 5.88 Å². The van der Waals surface area contributed by atoms with Crippen molar-refractivity contribution in [1.29, 1.82) is 0 Å². The minimum atomic E-state index is 0.305. The highest BCUT2D eigenvalue weighted by Gasteiger charge is 2.18. The van der Waals surface area contributed by atoms with Crippen molar-refractivity contribution in [2.24, 2.45) is 0 Å². The van der Waals surface area contributed by atoms with Crippen LogP contribution in [-0.4, -0.2) is 35.5 Å². The number of aromatic nitrogens is 2. The fourth-order valence-corrected chi connectivity index (χ4v) is 1.86. The molecule has 0 bridgehead atoms. The first-order valence-corrected chi connectivity index (χ1v) is 5.48. The second kappa shape index (κ2) is 4.66. The zero-order chi connectivity index (χ0) is 10.7. The molecule has 0 spiro atoms. The number of hydrogen-bond donors (Lipinski definition) is 0. The molecule has 0 amide bonds. The van der Waals surface area contributed by atoms with Crippen molar-refractivity contribution >= 4 is 17.4 Å². The van der Waals surface area contributed by atoms with E-state index in [-0.39, 0.29) is 0 Å². The molecule has 2 rings (SSSR count). The molecule has 1 saturated heterocycles. The Morgan fingerprint density at radius 3 is 2.80 bits per heavy atom. The Bertz CT molecular complexity index is 326. The highest BCUT2D eigenvalue weighted by molar-refractivity contribution is 6.20. The summed E-state index contributed by atoms with van der Waals surface area (Å²) in [4.78, 5) is 10.6. The van der Waals surface area contributed by atoms with Crippen LogP contribution in [0.3, 0.4) is 0 Å². The number of rotatable bonds is 2. The molecule has 1 fully saturated rings. The molecule has 1 aromatic rings. The van der Waals surface area contributed by atoms with Gasteiger partial charge >= 0.3 is 0 Å². The normalized spacial score (nSPS) is 17.9. The molecule has 0 unspecified atom stereocenters. The molecular weight excluding hydrogens is 214 g/mol. The van der Waals surface area contributed by atoms with Gasteiger partial charge in [-0.05, 0) is 12.8 Å². The quantitative estimate of drug-likeness (QED) is 0.721. The molecule has 1 aliphatic rings. The Kier molecular flexibility index (Phi) is 3.26. The highest BCUT2D eigenvalue weighted by atomic mass is 35.5. The third kappa shape index (κ3) is 2.50. The fourth-order valence-electron chi connectivity index (χ4n) is 1.67. The SMILES string of the molecule is COc1cncc(N2CCC(Cl)CC2)n1. The third-order valence-electron chi connectivity index (χ3n) is 2.56. The molecule has 0 radical (unpaired) electrons. The van der Waals surface area contributed by atoms with Crippen molar-refractivity contribution in [3.8, 4) is 5.88 Å². The van der Waals surface area contributed by atoms with Gasteiger partial charge in [0.05, 0.1) is 19.5 Å². The summed E-state index contributed by atoms with van der Waals surface area (Å²) in [5.41, 5.74) is 0. The van der Waals surface area contributed by atoms with E-state index in [9.17, 15) is 0 Å². The minimum Gasteiger partial charge on any atom is -0.480 e. The first-order valence-electron chi connectivity index (χ1n) is 5.04. The summed E-state index contributed by atoms with van der Waals surface area (Å²) >= 11 is 6.04. The first kappa shape index (κ1) is 10.5. The van der Waals surface area contributed by atoms with E-state index >= 15 is 0 Å². The lowest BCUT2D eigenvalue weighted by molar-refractivity contribution is 0.395. The van der Waals surface area contributed by atoms with Crippen molar-refractivity contribution in [3.05, 3.63) is 12.4 Å². The number of piperidine rings is 1. The van der Waals surface area contributed by atoms with E-state index in [4.69, 9.17) is 16.3 Å². The van der Waals surface area contributed by atoms with Gasteiger partial charge in [0, 0.05) is 18.5 Å². The van der Waals surface area contributed by atoms with Gasteiger partial charge in [-0.2, -0.15) is 4.98 Å². The zero-order valence-corrected chi connectivity index (χ0v) is 9.44. The van der Waals surface area contributed by atoms with Crippen LogP contribution in [0.25, 0.3) is 0 Å². The van der Waals surface area contributed by atoms with E-state index < -0.39 is 0 Å². The number of nitrogens with zero attached hydrogens (tertiary/aromatic N) is 3. The molecular formula is C10H14ClN3O. The maximum atomic E-state index is 6.04. The average molecular weight is 228 g/mol. The lowest BCUT2D eigenvalue weighted by Crippen LogP contribution is -2.34. The van der Waals surface area contributed by atoms with Crippen LogP contribution in [0.4, 0.5) is 5.82 Å². The smallest absolute Gasteiger partial charge is 0.233 e. The van der Waals surface area contributed by atoms with E-state index in [0.29, 0.717) is 11.3 Å². The molecule has 1 aromatic heterocycles. The maximum absolute atomic E-state index is 6.04. The summed E-state index contributed by atoms with van der Waals surface area (Å²) in [6.07, 6.45) is 5.37. The first-order chi connectivity index (χ1) is 7.29. The van der Waals surface area contributed by atoms with Crippen LogP contribution in [-0.2, 0) is 0 Å². The second-order valence-electron chi connectivity index (χ2n) is 3.58. The standard InChI is InChI=1S/C10H14ClN3O/c1-15-10-7-12-6-9(13-10)14-4-2-8(11)3-5-14/h6-8H,2-5H2,1H3. The van der Waals surface area contributed by atoms with E-state index in [1.165, 1.54) is 0 Å². The molecule has 5 heteroatoms. The summed E-state index contributed by atoms with van der Waals surface area (Å²) in [6, 6.07) is 0. The Morgan fingerprint density at radius 1 is 1.40 bits per heavy atom. The lowest BCUT2D eigenvalue weighted by atomic mass is 10.1. The van der Waals surface area contributed by atoms with Gasteiger partial charge in [0.15, 0.2) is 5.82 Å². The van der Waals surface area contributed by atoms with Gasteiger partial charge in [0.25, 0.3) is 0 Å². The lowest BCUT2D eigenvalue weighted by Gasteiger charge is -2.29. The van der Waals surface area contributed by atoms with E-state index in [2.05, 4.69) is 14.9 Å². The zero-order valence-electron chi connectivity index (χ0n) is 8.69. The fraction of sp³-hybridized carbons (Fsp3) is 0.600. The van der Waals surface area contributed by atoms with Crippen LogP contribution in [0.5, 0.6) is 5.88 Å². The van der Waals surface area contributed by atoms with Crippen LogP contribution in [0.1, 0.15) is 12.8 Å². The second-order valence-corrected chi connectivity index (χ2v) is 4.20. The number of methoxy groups -OCH3 is 1. The number of hydrogen-bond acceptors (Lipinski definition) is 4. The van der Waals surface area contributed by atoms with E-state index in [1.54, 1.807) is 19.5 Å². The number of halogens is 1. The van der Waals surface area contributed by atoms with Gasteiger partial charge < -0.3 is 9.64 Å². The molecule has 2 heterocycles. The van der Waals surface area contributed by atoms with Crippen molar-refractivity contribution in [1.82, 2.24) is 9.97 Å². The largest absolute Gasteiger partial charge is 0.480 e. The molecule has 0 aliphatic carbocycles. The Labute approximate surface area is 94.2 Å². The van der Waals surface area contributed by atoms with Crippen LogP contribution in [0.2, 0.25) is 0 Å². The van der Waals surface area contributed by atoms with Gasteiger partial charge in [0.1, 0.15) is 0 Å². The van der Waals surface area contributed by atoms with Crippen LogP contribution >= 0.6 is 11.6 Å². The number of anilines is 1. The summed E-state index contributed by atoms with van der Waals surface area (Å²) < 4.78 is 5.04. The Hall–Kier alpha value is -1.03. The van der Waals surface area contributed by atoms with Crippen molar-refractivity contribution < 1.29 is 4.74 Å². The molecule has 0 N–H and O–H groups in total. The molecule has 82 valence electrons. The summed E-state index contributed by atoms with van der Waals surface area (Å²) in [6.45, 7) is 1.88. The number of ether oxygens (including phenoxy) is 1. The van der Waals surface area contributed by atoms with E-state index in [0.717, 1.165) is 31.7 Å². The maximum Gasteiger partial charge on any atom is 0.233 e. The molecule has 15 heavy (non-hydrogen) atoms. The minimum absolute atomic E-state index is 0.305. The Morgan fingerprint density at radius 2 is 2.13 bits per heavy atom. The van der Waals surface area contributed by atoms with Crippen molar-refractivity contribution in [3.63, 3.8) is 0 Å². The molecule has 4 nitrogen and oxygen atoms in total. The summed E-state index contributed by atoms with van der Waals surface area (Å²) in [5.74, 6) is 1.43.